The molecule has 1 atom stereocenters. The molecule has 3 aromatic rings. The van der Waals surface area contributed by atoms with Gasteiger partial charge in [-0.05, 0) is 41.7 Å². The Kier molecular flexibility index (Phi) is 6.38. The van der Waals surface area contributed by atoms with E-state index < -0.39 is 27.7 Å². The van der Waals surface area contributed by atoms with E-state index in [1.54, 1.807) is 26.0 Å². The number of carbonyl (C=O) groups excluding carboxylic acids is 1. The van der Waals surface area contributed by atoms with Gasteiger partial charge >= 0.3 is 5.76 Å². The lowest BCUT2D eigenvalue weighted by molar-refractivity contribution is -0.118. The van der Waals surface area contributed by atoms with Gasteiger partial charge in [-0.15, -0.1) is 0 Å². The van der Waals surface area contributed by atoms with Crippen LogP contribution in [0, 0.1) is 5.92 Å². The lowest BCUT2D eigenvalue weighted by atomic mass is 10.0. The maximum Gasteiger partial charge on any atom is 0.419 e. The van der Waals surface area contributed by atoms with Gasteiger partial charge in [0.15, 0.2) is 5.58 Å². The zero-order chi connectivity index (χ0) is 22.9. The van der Waals surface area contributed by atoms with Gasteiger partial charge in [-0.2, -0.15) is 4.72 Å². The maximum atomic E-state index is 12.9. The Hall–Kier alpha value is -2.91. The predicted octanol–water partition coefficient (Wildman–Crippen LogP) is 3.20. The third-order valence-electron chi connectivity index (χ3n) is 5.15. The fourth-order valence-electron chi connectivity index (χ4n) is 3.18. The van der Waals surface area contributed by atoms with Crippen LogP contribution in [0.15, 0.2) is 56.6 Å². The number of carbonyl (C=O) groups is 1. The largest absolute Gasteiger partial charge is 0.419 e. The molecule has 0 aliphatic carbocycles. The highest BCUT2D eigenvalue weighted by atomic mass is 32.2. The second-order valence-electron chi connectivity index (χ2n) is 8.17. The number of aryl methyl sites for hydroxylation is 1. The van der Waals surface area contributed by atoms with Crippen LogP contribution < -0.4 is 15.8 Å². The molecule has 1 amide bonds. The Morgan fingerprint density at radius 3 is 2.26 bits per heavy atom. The first kappa shape index (κ1) is 22.8. The Bertz CT molecular complexity index is 1250. The number of fused-ring (bicyclic) bond motifs is 1. The minimum absolute atomic E-state index is 0.0888. The van der Waals surface area contributed by atoms with Crippen molar-refractivity contribution in [2.24, 2.45) is 13.0 Å². The van der Waals surface area contributed by atoms with Crippen molar-refractivity contribution >= 4 is 32.7 Å². The van der Waals surface area contributed by atoms with E-state index in [0.717, 1.165) is 5.56 Å². The van der Waals surface area contributed by atoms with E-state index in [2.05, 4.69) is 23.9 Å². The number of amides is 1. The minimum atomic E-state index is -4.04. The van der Waals surface area contributed by atoms with Crippen molar-refractivity contribution in [3.8, 4) is 0 Å². The van der Waals surface area contributed by atoms with Gasteiger partial charge in [0.05, 0.1) is 10.4 Å². The molecule has 0 fully saturated rings. The van der Waals surface area contributed by atoms with Crippen LogP contribution in [0.1, 0.15) is 39.2 Å². The molecule has 2 N–H and O–H groups in total. The second-order valence-corrected chi connectivity index (χ2v) is 9.88. The van der Waals surface area contributed by atoms with Gasteiger partial charge < -0.3 is 9.73 Å². The van der Waals surface area contributed by atoms with Gasteiger partial charge in [-0.25, -0.2) is 13.2 Å². The molecule has 1 aromatic heterocycles. The summed E-state index contributed by atoms with van der Waals surface area (Å²) in [7, 11) is -2.50. The number of hydrogen-bond donors (Lipinski definition) is 2. The van der Waals surface area contributed by atoms with Crippen LogP contribution in [0.3, 0.4) is 0 Å². The van der Waals surface area contributed by atoms with E-state index >= 15 is 0 Å². The van der Waals surface area contributed by atoms with E-state index in [1.807, 2.05) is 12.1 Å². The van der Waals surface area contributed by atoms with Crippen molar-refractivity contribution in [3.63, 3.8) is 0 Å². The number of aromatic nitrogens is 1. The van der Waals surface area contributed by atoms with Crippen molar-refractivity contribution in [2.45, 2.75) is 44.6 Å². The summed E-state index contributed by atoms with van der Waals surface area (Å²) in [4.78, 5) is 24.4. The third kappa shape index (κ3) is 4.88. The lowest BCUT2D eigenvalue weighted by Crippen LogP contribution is -2.47. The van der Waals surface area contributed by atoms with Crippen LogP contribution in [0.4, 0.5) is 5.69 Å². The van der Waals surface area contributed by atoms with Crippen LogP contribution in [0.25, 0.3) is 11.1 Å². The molecule has 3 rings (SSSR count). The quantitative estimate of drug-likeness (QED) is 0.580. The average Bonchev–Trinajstić information content (AvgIpc) is 2.99. The molecule has 31 heavy (non-hydrogen) atoms. The number of rotatable bonds is 7. The molecule has 0 saturated carbocycles. The van der Waals surface area contributed by atoms with Crippen LogP contribution >= 0.6 is 0 Å². The highest BCUT2D eigenvalue weighted by Crippen LogP contribution is 2.20. The first-order chi connectivity index (χ1) is 14.5. The molecule has 0 bridgehead atoms. The summed E-state index contributed by atoms with van der Waals surface area (Å²) in [5, 5.41) is 2.77. The van der Waals surface area contributed by atoms with E-state index in [1.165, 1.54) is 29.8 Å². The molecule has 0 saturated heterocycles. The molecular formula is C22H27N3O5S. The van der Waals surface area contributed by atoms with E-state index in [4.69, 9.17) is 4.42 Å². The summed E-state index contributed by atoms with van der Waals surface area (Å²) in [5.41, 5.74) is 2.37. The molecular weight excluding hydrogens is 418 g/mol. The van der Waals surface area contributed by atoms with Crippen molar-refractivity contribution < 1.29 is 17.6 Å². The summed E-state index contributed by atoms with van der Waals surface area (Å²) in [5.74, 6) is -0.974. The molecule has 2 aromatic carbocycles. The van der Waals surface area contributed by atoms with Gasteiger partial charge in [-0.3, -0.25) is 9.36 Å². The van der Waals surface area contributed by atoms with E-state index in [0.29, 0.717) is 17.1 Å². The zero-order valence-corrected chi connectivity index (χ0v) is 19.0. The van der Waals surface area contributed by atoms with Gasteiger partial charge in [0.25, 0.3) is 0 Å². The molecule has 0 unspecified atom stereocenters. The van der Waals surface area contributed by atoms with Crippen molar-refractivity contribution in [1.82, 2.24) is 9.29 Å². The second kappa shape index (κ2) is 8.68. The topological polar surface area (TPSA) is 110 Å². The summed E-state index contributed by atoms with van der Waals surface area (Å²) < 4.78 is 34.7. The molecule has 0 aliphatic rings. The number of oxazole rings is 1. The number of benzene rings is 2. The van der Waals surface area contributed by atoms with Crippen molar-refractivity contribution in [1.29, 1.82) is 0 Å². The molecule has 0 aliphatic heterocycles. The number of nitrogens with one attached hydrogen (secondary N) is 2. The molecule has 0 spiro atoms. The van der Waals surface area contributed by atoms with Crippen LogP contribution in [-0.4, -0.2) is 24.9 Å². The smallest absolute Gasteiger partial charge is 0.408 e. The van der Waals surface area contributed by atoms with Crippen LogP contribution in [0.2, 0.25) is 0 Å². The Morgan fingerprint density at radius 1 is 1.03 bits per heavy atom. The van der Waals surface area contributed by atoms with Crippen LogP contribution in [-0.2, 0) is 21.9 Å². The standard InChI is InChI=1S/C22H27N3O5S/c1-13(2)15-6-8-16(9-7-15)23-21(26)20(14(3)4)24-31(28,29)17-10-11-18-19(12-17)30-22(27)25(18)5/h6-14,20,24H,1-5H3,(H,23,26)/t20-/m0/s1. The monoisotopic (exact) mass is 445 g/mol. The number of anilines is 1. The SMILES string of the molecule is CC(C)c1ccc(NC(=O)[C@@H](NS(=O)(=O)c2ccc3c(c2)oc(=O)n3C)C(C)C)cc1. The highest BCUT2D eigenvalue weighted by molar-refractivity contribution is 7.89. The molecule has 9 heteroatoms. The Balaban J connectivity index is 1.82. The summed E-state index contributed by atoms with van der Waals surface area (Å²) in [6.07, 6.45) is 0. The van der Waals surface area contributed by atoms with Crippen LogP contribution in [0.5, 0.6) is 0 Å². The fourth-order valence-corrected chi connectivity index (χ4v) is 4.54. The van der Waals surface area contributed by atoms with E-state index in [-0.39, 0.29) is 16.4 Å². The maximum absolute atomic E-state index is 12.9. The number of sulfonamides is 1. The minimum Gasteiger partial charge on any atom is -0.408 e. The summed E-state index contributed by atoms with van der Waals surface area (Å²) in [6, 6.07) is 10.6. The molecule has 8 nitrogen and oxygen atoms in total. The zero-order valence-electron chi connectivity index (χ0n) is 18.2. The molecule has 166 valence electrons. The third-order valence-corrected chi connectivity index (χ3v) is 6.59. The number of nitrogens with zero attached hydrogens (tertiary/aromatic N) is 1. The normalized spacial score (nSPS) is 13.1. The first-order valence-corrected chi connectivity index (χ1v) is 11.5. The van der Waals surface area contributed by atoms with E-state index in [9.17, 15) is 18.0 Å². The highest BCUT2D eigenvalue weighted by Gasteiger charge is 2.29. The predicted molar refractivity (Wildman–Crippen MR) is 120 cm³/mol. The van der Waals surface area contributed by atoms with Gasteiger partial charge in [0.1, 0.15) is 6.04 Å². The Labute approximate surface area is 181 Å². The Morgan fingerprint density at radius 2 is 1.68 bits per heavy atom. The fraction of sp³-hybridized carbons (Fsp3) is 0.364. The van der Waals surface area contributed by atoms with Crippen molar-refractivity contribution in [3.05, 3.63) is 58.6 Å². The molecule has 0 radical (unpaired) electrons. The average molecular weight is 446 g/mol. The summed E-state index contributed by atoms with van der Waals surface area (Å²) in [6.45, 7) is 7.67. The molecule has 1 heterocycles. The number of hydrogen-bond acceptors (Lipinski definition) is 5. The van der Waals surface area contributed by atoms with Gasteiger partial charge in [0, 0.05) is 18.8 Å². The summed E-state index contributed by atoms with van der Waals surface area (Å²) >= 11 is 0. The first-order valence-electron chi connectivity index (χ1n) is 10.0. The lowest BCUT2D eigenvalue weighted by Gasteiger charge is -2.22. The van der Waals surface area contributed by atoms with Gasteiger partial charge in [-0.1, -0.05) is 39.8 Å². The van der Waals surface area contributed by atoms with Gasteiger partial charge in [0.2, 0.25) is 15.9 Å². The van der Waals surface area contributed by atoms with Crippen molar-refractivity contribution in [2.75, 3.05) is 5.32 Å².